The zero-order chi connectivity index (χ0) is 27.4. The summed E-state index contributed by atoms with van der Waals surface area (Å²) < 4.78 is 22.7. The lowest BCUT2D eigenvalue weighted by molar-refractivity contribution is -0.135. The highest BCUT2D eigenvalue weighted by Crippen LogP contribution is 2.39. The molecular weight excluding hydrogens is 494 g/mol. The van der Waals surface area contributed by atoms with Gasteiger partial charge in [-0.15, -0.1) is 0 Å². The van der Waals surface area contributed by atoms with E-state index in [1.807, 2.05) is 54.3 Å². The monoisotopic (exact) mass is 527 g/mol. The van der Waals surface area contributed by atoms with Crippen LogP contribution in [0.2, 0.25) is 0 Å². The summed E-state index contributed by atoms with van der Waals surface area (Å²) in [5.74, 6) is 1.95. The van der Waals surface area contributed by atoms with E-state index in [0.717, 1.165) is 41.3 Å². The van der Waals surface area contributed by atoms with Gasteiger partial charge in [-0.1, -0.05) is 30.3 Å². The van der Waals surface area contributed by atoms with Gasteiger partial charge >= 0.3 is 5.63 Å². The van der Waals surface area contributed by atoms with Gasteiger partial charge in [-0.3, -0.25) is 4.79 Å². The van der Waals surface area contributed by atoms with Gasteiger partial charge in [0.05, 0.1) is 20.3 Å². The zero-order valence-corrected chi connectivity index (χ0v) is 22.6. The topological polar surface area (TPSA) is 78.2 Å². The second kappa shape index (κ2) is 11.6. The lowest BCUT2D eigenvalue weighted by Crippen LogP contribution is -2.42. The fourth-order valence-corrected chi connectivity index (χ4v) is 5.31. The first-order chi connectivity index (χ1) is 19.0. The number of hydrogen-bond acceptors (Lipinski definition) is 6. The molecule has 0 aliphatic carbocycles. The minimum absolute atomic E-state index is 0.0973. The lowest BCUT2D eigenvalue weighted by Gasteiger charge is -2.37. The second-order valence-electron chi connectivity index (χ2n) is 9.82. The van der Waals surface area contributed by atoms with Gasteiger partial charge in [0.1, 0.15) is 17.9 Å². The number of nitrogens with zero attached hydrogens (tertiary/aromatic N) is 1. The Balaban J connectivity index is 1.40. The number of hydrogen-bond donors (Lipinski definition) is 0. The van der Waals surface area contributed by atoms with Crippen molar-refractivity contribution in [1.29, 1.82) is 0 Å². The average Bonchev–Trinajstić information content (AvgIpc) is 2.95. The molecular formula is C32H33NO6. The van der Waals surface area contributed by atoms with Crippen LogP contribution in [0.1, 0.15) is 41.1 Å². The number of ether oxygens (including phenoxy) is 3. The van der Waals surface area contributed by atoms with Crippen LogP contribution in [0.3, 0.4) is 0 Å². The van der Waals surface area contributed by atoms with E-state index < -0.39 is 5.63 Å². The Hall–Kier alpha value is -4.26. The van der Waals surface area contributed by atoms with Crippen molar-refractivity contribution in [2.45, 2.75) is 38.6 Å². The molecule has 0 bridgehead atoms. The van der Waals surface area contributed by atoms with Gasteiger partial charge in [0.25, 0.3) is 0 Å². The Morgan fingerprint density at radius 1 is 1.00 bits per heavy atom. The van der Waals surface area contributed by atoms with E-state index in [1.54, 1.807) is 20.3 Å². The molecule has 0 fully saturated rings. The van der Waals surface area contributed by atoms with Crippen LogP contribution in [0.15, 0.2) is 75.9 Å². The van der Waals surface area contributed by atoms with Crippen LogP contribution in [0, 0.1) is 6.92 Å². The third-order valence-electron chi connectivity index (χ3n) is 7.35. The standard InChI is InChI=1S/C32H33NO6/c1-21-16-32(35)39-28-18-24(12-13-25(21)28)38-20-27-26-19-30(37-3)29(36-2)17-23(26)14-15-33(27)31(34)11-7-10-22-8-5-4-6-9-22/h4-6,8-9,12-13,16-19,27H,7,10-11,14-15,20H2,1-3H3. The van der Waals surface area contributed by atoms with Crippen LogP contribution in [0.5, 0.6) is 17.2 Å². The minimum atomic E-state index is -0.397. The molecule has 7 nitrogen and oxygen atoms in total. The van der Waals surface area contributed by atoms with Crippen molar-refractivity contribution >= 4 is 16.9 Å². The molecule has 2 heterocycles. The van der Waals surface area contributed by atoms with Crippen molar-refractivity contribution in [3.63, 3.8) is 0 Å². The molecule has 0 spiro atoms. The number of rotatable bonds is 9. The molecule has 0 radical (unpaired) electrons. The number of methoxy groups -OCH3 is 2. The van der Waals surface area contributed by atoms with Crippen molar-refractivity contribution in [3.05, 3.63) is 99.4 Å². The Kier molecular flexibility index (Phi) is 7.87. The maximum absolute atomic E-state index is 13.5. The Morgan fingerprint density at radius 3 is 2.54 bits per heavy atom. The molecule has 1 amide bonds. The summed E-state index contributed by atoms with van der Waals surface area (Å²) in [5, 5.41) is 0.858. The fraction of sp³-hybridized carbons (Fsp3) is 0.312. The molecule has 7 heteroatoms. The van der Waals surface area contributed by atoms with Crippen LogP contribution in [-0.2, 0) is 17.6 Å². The number of carbonyl (C=O) groups excluding carboxylic acids is 1. The molecule has 0 saturated carbocycles. The fourth-order valence-electron chi connectivity index (χ4n) is 5.31. The van der Waals surface area contributed by atoms with E-state index in [4.69, 9.17) is 18.6 Å². The summed E-state index contributed by atoms with van der Waals surface area (Å²) in [5.41, 5.74) is 4.24. The highest BCUT2D eigenvalue weighted by atomic mass is 16.5. The maximum Gasteiger partial charge on any atom is 0.336 e. The summed E-state index contributed by atoms with van der Waals surface area (Å²) in [6.45, 7) is 2.71. The van der Waals surface area contributed by atoms with Gasteiger partial charge in [0.15, 0.2) is 11.5 Å². The lowest BCUT2D eigenvalue weighted by atomic mass is 9.91. The molecule has 1 aromatic heterocycles. The molecule has 3 aromatic carbocycles. The Labute approximate surface area is 227 Å². The molecule has 1 aliphatic rings. The normalized spacial score (nSPS) is 14.6. The van der Waals surface area contributed by atoms with Crippen LogP contribution >= 0.6 is 0 Å². The van der Waals surface area contributed by atoms with Crippen molar-refractivity contribution in [2.75, 3.05) is 27.4 Å². The smallest absolute Gasteiger partial charge is 0.336 e. The third-order valence-corrected chi connectivity index (χ3v) is 7.35. The van der Waals surface area contributed by atoms with Gasteiger partial charge in [-0.2, -0.15) is 0 Å². The number of benzene rings is 3. The summed E-state index contributed by atoms with van der Waals surface area (Å²) in [6, 6.07) is 20.8. The van der Waals surface area contributed by atoms with Crippen molar-refractivity contribution in [2.24, 2.45) is 0 Å². The van der Waals surface area contributed by atoms with Gasteiger partial charge < -0.3 is 23.5 Å². The van der Waals surface area contributed by atoms with Crippen molar-refractivity contribution in [1.82, 2.24) is 4.90 Å². The van der Waals surface area contributed by atoms with E-state index in [2.05, 4.69) is 12.1 Å². The van der Waals surface area contributed by atoms with Crippen molar-refractivity contribution in [3.8, 4) is 17.2 Å². The number of aryl methyl sites for hydroxylation is 2. The van der Waals surface area contributed by atoms with E-state index in [-0.39, 0.29) is 18.6 Å². The van der Waals surface area contributed by atoms with Crippen LogP contribution in [-0.4, -0.2) is 38.2 Å². The van der Waals surface area contributed by atoms with Gasteiger partial charge in [-0.05, 0) is 72.7 Å². The summed E-state index contributed by atoms with van der Waals surface area (Å²) >= 11 is 0. The molecule has 0 saturated heterocycles. The first-order valence-electron chi connectivity index (χ1n) is 13.2. The first-order valence-corrected chi connectivity index (χ1v) is 13.2. The van der Waals surface area contributed by atoms with E-state index in [0.29, 0.717) is 35.8 Å². The zero-order valence-electron chi connectivity index (χ0n) is 22.6. The maximum atomic E-state index is 13.5. The summed E-state index contributed by atoms with van der Waals surface area (Å²) in [6.07, 6.45) is 2.80. The molecule has 202 valence electrons. The molecule has 0 N–H and O–H groups in total. The van der Waals surface area contributed by atoms with E-state index in [1.165, 1.54) is 11.6 Å². The third kappa shape index (κ3) is 5.77. The van der Waals surface area contributed by atoms with E-state index in [9.17, 15) is 9.59 Å². The molecule has 39 heavy (non-hydrogen) atoms. The summed E-state index contributed by atoms with van der Waals surface area (Å²) in [7, 11) is 3.23. The quantitative estimate of drug-likeness (QED) is 0.262. The Bertz CT molecular complexity index is 1530. The van der Waals surface area contributed by atoms with Crippen LogP contribution in [0.25, 0.3) is 11.0 Å². The molecule has 1 atom stereocenters. The predicted octanol–water partition coefficient (Wildman–Crippen LogP) is 5.65. The SMILES string of the molecule is COc1cc2c(cc1OC)C(COc1ccc3c(C)cc(=O)oc3c1)N(C(=O)CCCc1ccccc1)CC2. The van der Waals surface area contributed by atoms with Crippen LogP contribution < -0.4 is 19.8 Å². The largest absolute Gasteiger partial charge is 0.493 e. The number of fused-ring (bicyclic) bond motifs is 2. The number of amides is 1. The van der Waals surface area contributed by atoms with Crippen molar-refractivity contribution < 1.29 is 23.4 Å². The second-order valence-corrected chi connectivity index (χ2v) is 9.82. The highest BCUT2D eigenvalue weighted by Gasteiger charge is 2.32. The van der Waals surface area contributed by atoms with Gasteiger partial charge in [0, 0.05) is 30.5 Å². The molecule has 5 rings (SSSR count). The molecule has 4 aromatic rings. The summed E-state index contributed by atoms with van der Waals surface area (Å²) in [4.78, 5) is 27.3. The first kappa shape index (κ1) is 26.4. The minimum Gasteiger partial charge on any atom is -0.493 e. The van der Waals surface area contributed by atoms with Gasteiger partial charge in [-0.25, -0.2) is 4.79 Å². The van der Waals surface area contributed by atoms with Crippen LogP contribution in [0.4, 0.5) is 0 Å². The average molecular weight is 528 g/mol. The predicted molar refractivity (Wildman–Crippen MR) is 150 cm³/mol. The highest BCUT2D eigenvalue weighted by molar-refractivity contribution is 5.81. The van der Waals surface area contributed by atoms with E-state index >= 15 is 0 Å². The Morgan fingerprint density at radius 2 is 1.77 bits per heavy atom. The number of carbonyl (C=O) groups is 1. The van der Waals surface area contributed by atoms with Gasteiger partial charge in [0.2, 0.25) is 5.91 Å². The molecule has 1 unspecified atom stereocenters. The molecule has 1 aliphatic heterocycles.